The SMILES string of the molecule is CCN(CC)CCN(C(=O)Cc1cccc(C)c1)c1nc2c(OC)ccc(Cl)c2s1. The lowest BCUT2D eigenvalue weighted by molar-refractivity contribution is -0.118. The number of nitrogens with zero attached hydrogens (tertiary/aromatic N) is 3. The Bertz CT molecular complexity index is 1020. The van der Waals surface area contributed by atoms with Gasteiger partial charge in [-0.25, -0.2) is 4.98 Å². The summed E-state index contributed by atoms with van der Waals surface area (Å²) in [5, 5.41) is 1.27. The van der Waals surface area contributed by atoms with Crippen LogP contribution in [0.4, 0.5) is 5.13 Å². The van der Waals surface area contributed by atoms with Gasteiger partial charge in [-0.05, 0) is 37.7 Å². The Morgan fingerprint density at radius 1 is 1.17 bits per heavy atom. The molecule has 0 radical (unpaired) electrons. The van der Waals surface area contributed by atoms with Crippen molar-refractivity contribution in [3.8, 4) is 5.75 Å². The lowest BCUT2D eigenvalue weighted by Crippen LogP contribution is -2.39. The first-order valence-corrected chi connectivity index (χ1v) is 11.4. The summed E-state index contributed by atoms with van der Waals surface area (Å²) in [5.74, 6) is 0.689. The van der Waals surface area contributed by atoms with Crippen LogP contribution in [0.2, 0.25) is 5.02 Å². The van der Waals surface area contributed by atoms with Crippen LogP contribution in [0, 0.1) is 6.92 Å². The summed E-state index contributed by atoms with van der Waals surface area (Å²) in [6.07, 6.45) is 0.334. The van der Waals surface area contributed by atoms with E-state index in [0.717, 1.165) is 35.5 Å². The molecule has 5 nitrogen and oxygen atoms in total. The van der Waals surface area contributed by atoms with Crippen LogP contribution in [0.5, 0.6) is 5.75 Å². The number of carbonyl (C=O) groups is 1. The highest BCUT2D eigenvalue weighted by Crippen LogP contribution is 2.38. The van der Waals surface area contributed by atoms with Crippen molar-refractivity contribution < 1.29 is 9.53 Å². The van der Waals surface area contributed by atoms with Crippen molar-refractivity contribution in [3.05, 3.63) is 52.5 Å². The molecule has 0 aliphatic heterocycles. The fraction of sp³-hybridized carbons (Fsp3) is 0.391. The number of benzene rings is 2. The number of amides is 1. The van der Waals surface area contributed by atoms with Gasteiger partial charge in [0, 0.05) is 13.1 Å². The van der Waals surface area contributed by atoms with Crippen molar-refractivity contribution in [2.75, 3.05) is 38.2 Å². The largest absolute Gasteiger partial charge is 0.494 e. The topological polar surface area (TPSA) is 45.7 Å². The van der Waals surface area contributed by atoms with Crippen LogP contribution in [0.3, 0.4) is 0 Å². The number of halogens is 1. The predicted octanol–water partition coefficient (Wildman–Crippen LogP) is 5.18. The second-order valence-corrected chi connectivity index (χ2v) is 8.55. The Hall–Kier alpha value is -2.15. The van der Waals surface area contributed by atoms with Crippen LogP contribution in [0.15, 0.2) is 36.4 Å². The van der Waals surface area contributed by atoms with E-state index in [4.69, 9.17) is 21.3 Å². The number of aromatic nitrogens is 1. The zero-order valence-electron chi connectivity index (χ0n) is 17.9. The van der Waals surface area contributed by atoms with Crippen LogP contribution in [0.25, 0.3) is 10.2 Å². The molecule has 1 heterocycles. The van der Waals surface area contributed by atoms with Gasteiger partial charge in [0.1, 0.15) is 11.3 Å². The van der Waals surface area contributed by atoms with Gasteiger partial charge in [-0.3, -0.25) is 9.69 Å². The highest BCUT2D eigenvalue weighted by atomic mass is 35.5. The Morgan fingerprint density at radius 2 is 1.93 bits per heavy atom. The Balaban J connectivity index is 1.95. The van der Waals surface area contributed by atoms with Crippen molar-refractivity contribution in [2.24, 2.45) is 0 Å². The van der Waals surface area contributed by atoms with E-state index in [2.05, 4.69) is 24.8 Å². The van der Waals surface area contributed by atoms with Gasteiger partial charge in [0.25, 0.3) is 0 Å². The summed E-state index contributed by atoms with van der Waals surface area (Å²) < 4.78 is 6.29. The molecule has 0 aliphatic carbocycles. The highest BCUT2D eigenvalue weighted by Gasteiger charge is 2.22. The minimum absolute atomic E-state index is 0.0295. The normalized spacial score (nSPS) is 11.3. The number of hydrogen-bond donors (Lipinski definition) is 0. The molecule has 3 rings (SSSR count). The molecule has 7 heteroatoms. The third-order valence-corrected chi connectivity index (χ3v) is 6.71. The molecule has 30 heavy (non-hydrogen) atoms. The predicted molar refractivity (Wildman–Crippen MR) is 126 cm³/mol. The highest BCUT2D eigenvalue weighted by molar-refractivity contribution is 7.23. The van der Waals surface area contributed by atoms with Gasteiger partial charge in [-0.2, -0.15) is 0 Å². The quantitative estimate of drug-likeness (QED) is 0.455. The molecule has 1 aromatic heterocycles. The summed E-state index contributed by atoms with van der Waals surface area (Å²) in [6.45, 7) is 9.54. The molecule has 0 unspecified atom stereocenters. The van der Waals surface area contributed by atoms with E-state index in [-0.39, 0.29) is 5.91 Å². The average molecular weight is 446 g/mol. The molecule has 0 atom stereocenters. The molecule has 2 aromatic carbocycles. The molecule has 0 N–H and O–H groups in total. The van der Waals surface area contributed by atoms with Gasteiger partial charge in [-0.15, -0.1) is 0 Å². The lowest BCUT2D eigenvalue weighted by atomic mass is 10.1. The molecule has 0 spiro atoms. The number of anilines is 1. The zero-order chi connectivity index (χ0) is 21.7. The lowest BCUT2D eigenvalue weighted by Gasteiger charge is -2.24. The molecule has 160 valence electrons. The van der Waals surface area contributed by atoms with Gasteiger partial charge >= 0.3 is 0 Å². The number of thiazole rings is 1. The molecular formula is C23H28ClN3O2S. The zero-order valence-corrected chi connectivity index (χ0v) is 19.5. The second kappa shape index (κ2) is 10.2. The summed E-state index contributed by atoms with van der Waals surface area (Å²) in [4.78, 5) is 22.2. The first-order valence-electron chi connectivity index (χ1n) is 10.2. The summed E-state index contributed by atoms with van der Waals surface area (Å²) >= 11 is 7.84. The minimum atomic E-state index is 0.0295. The van der Waals surface area contributed by atoms with Crippen LogP contribution >= 0.6 is 22.9 Å². The van der Waals surface area contributed by atoms with Gasteiger partial charge in [0.2, 0.25) is 5.91 Å². The van der Waals surface area contributed by atoms with Crippen LogP contribution < -0.4 is 9.64 Å². The van der Waals surface area contributed by atoms with Crippen molar-refractivity contribution in [1.82, 2.24) is 9.88 Å². The van der Waals surface area contributed by atoms with E-state index in [0.29, 0.717) is 34.4 Å². The maximum Gasteiger partial charge on any atom is 0.233 e. The third-order valence-electron chi connectivity index (χ3n) is 5.17. The molecule has 3 aromatic rings. The molecule has 0 aliphatic rings. The fourth-order valence-electron chi connectivity index (χ4n) is 3.42. The summed E-state index contributed by atoms with van der Waals surface area (Å²) in [7, 11) is 1.61. The van der Waals surface area contributed by atoms with E-state index < -0.39 is 0 Å². The number of rotatable bonds is 9. The van der Waals surface area contributed by atoms with E-state index in [9.17, 15) is 4.79 Å². The smallest absolute Gasteiger partial charge is 0.233 e. The molecule has 1 amide bonds. The van der Waals surface area contributed by atoms with E-state index >= 15 is 0 Å². The molecule has 0 saturated heterocycles. The Morgan fingerprint density at radius 3 is 2.60 bits per heavy atom. The van der Waals surface area contributed by atoms with Crippen LogP contribution in [0.1, 0.15) is 25.0 Å². The van der Waals surface area contributed by atoms with E-state index in [1.54, 1.807) is 18.1 Å². The van der Waals surface area contributed by atoms with Gasteiger partial charge < -0.3 is 9.64 Å². The van der Waals surface area contributed by atoms with Gasteiger partial charge in [0.05, 0.1) is 23.3 Å². The Labute approximate surface area is 187 Å². The number of ether oxygens (including phenoxy) is 1. The Kier molecular flexibility index (Phi) is 7.69. The number of methoxy groups -OCH3 is 1. The number of carbonyl (C=O) groups excluding carboxylic acids is 1. The standard InChI is InChI=1S/C23H28ClN3O2S/c1-5-26(6-2)12-13-27(20(28)15-17-9-7-8-16(3)14-17)23-25-21-19(29-4)11-10-18(24)22(21)30-23/h7-11,14H,5-6,12-13,15H2,1-4H3. The first kappa shape index (κ1) is 22.5. The number of fused-ring (bicyclic) bond motifs is 1. The van der Waals surface area contributed by atoms with Crippen LogP contribution in [-0.2, 0) is 11.2 Å². The fourth-order valence-corrected chi connectivity index (χ4v) is 4.72. The van der Waals surface area contributed by atoms with Crippen molar-refractivity contribution in [3.63, 3.8) is 0 Å². The van der Waals surface area contributed by atoms with Gasteiger partial charge in [0.15, 0.2) is 5.13 Å². The summed E-state index contributed by atoms with van der Waals surface area (Å²) in [5.41, 5.74) is 2.84. The summed E-state index contributed by atoms with van der Waals surface area (Å²) in [6, 6.07) is 11.7. The van der Waals surface area contributed by atoms with E-state index in [1.807, 2.05) is 31.2 Å². The molecule has 0 saturated carbocycles. The number of hydrogen-bond acceptors (Lipinski definition) is 5. The van der Waals surface area contributed by atoms with Crippen molar-refractivity contribution >= 4 is 44.2 Å². The molecule has 0 bridgehead atoms. The van der Waals surface area contributed by atoms with Gasteiger partial charge in [-0.1, -0.05) is 66.6 Å². The van der Waals surface area contributed by atoms with Crippen LogP contribution in [-0.4, -0.2) is 49.1 Å². The monoisotopic (exact) mass is 445 g/mol. The molecular weight excluding hydrogens is 418 g/mol. The maximum absolute atomic E-state index is 13.3. The third kappa shape index (κ3) is 5.12. The second-order valence-electron chi connectivity index (χ2n) is 7.16. The first-order chi connectivity index (χ1) is 14.5. The average Bonchev–Trinajstić information content (AvgIpc) is 3.17. The van der Waals surface area contributed by atoms with E-state index in [1.165, 1.54) is 11.3 Å². The number of likely N-dealkylation sites (N-methyl/N-ethyl adjacent to an activating group) is 1. The molecule has 0 fully saturated rings. The minimum Gasteiger partial charge on any atom is -0.494 e. The van der Waals surface area contributed by atoms with Crippen molar-refractivity contribution in [2.45, 2.75) is 27.2 Å². The number of aryl methyl sites for hydroxylation is 1. The maximum atomic E-state index is 13.3. The van der Waals surface area contributed by atoms with Crippen molar-refractivity contribution in [1.29, 1.82) is 0 Å².